The van der Waals surface area contributed by atoms with Crippen LogP contribution in [-0.4, -0.2) is 11.9 Å². The van der Waals surface area contributed by atoms with Crippen molar-refractivity contribution in [1.82, 2.24) is 5.32 Å². The van der Waals surface area contributed by atoms with Gasteiger partial charge in [0.25, 0.3) is 0 Å². The molecule has 1 aromatic carbocycles. The molecule has 1 aromatic rings. The highest BCUT2D eigenvalue weighted by Gasteiger charge is 2.42. The minimum atomic E-state index is -0.522. The molecular weight excluding hydrogens is 241 g/mol. The van der Waals surface area contributed by atoms with Crippen LogP contribution in [0.1, 0.15) is 51.5 Å². The Labute approximate surface area is 114 Å². The van der Waals surface area contributed by atoms with E-state index in [-0.39, 0.29) is 17.8 Å². The van der Waals surface area contributed by atoms with Gasteiger partial charge in [-0.2, -0.15) is 0 Å². The number of halogens is 1. The third-order valence-corrected chi connectivity index (χ3v) is 4.26. The average molecular weight is 263 g/mol. The Morgan fingerprint density at radius 1 is 1.42 bits per heavy atom. The topological polar surface area (TPSA) is 29.1 Å². The van der Waals surface area contributed by atoms with Crippen LogP contribution in [0.25, 0.3) is 0 Å². The lowest BCUT2D eigenvalue weighted by molar-refractivity contribution is -0.127. The number of amides is 1. The minimum absolute atomic E-state index is 0.0601. The molecule has 0 spiro atoms. The van der Waals surface area contributed by atoms with Gasteiger partial charge in [-0.05, 0) is 43.9 Å². The number of hydrogen-bond acceptors (Lipinski definition) is 1. The molecule has 0 bridgehead atoms. The van der Waals surface area contributed by atoms with Gasteiger partial charge in [0.05, 0.1) is 5.41 Å². The predicted molar refractivity (Wildman–Crippen MR) is 74.4 cm³/mol. The first-order chi connectivity index (χ1) is 9.08. The highest BCUT2D eigenvalue weighted by Crippen LogP contribution is 2.41. The Morgan fingerprint density at radius 2 is 2.11 bits per heavy atom. The van der Waals surface area contributed by atoms with Crippen molar-refractivity contribution in [2.24, 2.45) is 0 Å². The monoisotopic (exact) mass is 263 g/mol. The smallest absolute Gasteiger partial charge is 0.230 e. The number of hydrogen-bond donors (Lipinski definition) is 1. The zero-order valence-electron chi connectivity index (χ0n) is 11.7. The molecule has 1 amide bonds. The van der Waals surface area contributed by atoms with Crippen LogP contribution in [-0.2, 0) is 10.2 Å². The van der Waals surface area contributed by atoms with E-state index in [0.29, 0.717) is 0 Å². The second kappa shape index (κ2) is 5.72. The molecule has 0 saturated heterocycles. The number of rotatable bonds is 4. The normalized spacial score (nSPS) is 19.1. The summed E-state index contributed by atoms with van der Waals surface area (Å²) >= 11 is 0. The Kier molecular flexibility index (Phi) is 4.23. The van der Waals surface area contributed by atoms with Crippen LogP contribution in [0.3, 0.4) is 0 Å². The fraction of sp³-hybridized carbons (Fsp3) is 0.562. The third-order valence-electron chi connectivity index (χ3n) is 4.26. The van der Waals surface area contributed by atoms with Crippen molar-refractivity contribution in [2.45, 2.75) is 57.4 Å². The molecule has 1 saturated carbocycles. The molecule has 1 atom stereocenters. The van der Waals surface area contributed by atoms with E-state index in [1.807, 2.05) is 13.0 Å². The Bertz CT molecular complexity index is 452. The van der Waals surface area contributed by atoms with E-state index in [9.17, 15) is 9.18 Å². The van der Waals surface area contributed by atoms with Gasteiger partial charge in [0.1, 0.15) is 5.82 Å². The van der Waals surface area contributed by atoms with E-state index < -0.39 is 5.41 Å². The summed E-state index contributed by atoms with van der Waals surface area (Å²) < 4.78 is 13.5. The van der Waals surface area contributed by atoms with Crippen LogP contribution in [0, 0.1) is 5.82 Å². The van der Waals surface area contributed by atoms with Gasteiger partial charge >= 0.3 is 0 Å². The molecule has 2 nitrogen and oxygen atoms in total. The Hall–Kier alpha value is -1.38. The molecule has 1 aliphatic rings. The van der Waals surface area contributed by atoms with E-state index >= 15 is 0 Å². The molecule has 0 radical (unpaired) electrons. The van der Waals surface area contributed by atoms with Crippen LogP contribution in [0.5, 0.6) is 0 Å². The third kappa shape index (κ3) is 2.80. The SMILES string of the molecule is CCC(C)NC(=O)C1(c2cccc(F)c2)CCCC1. The summed E-state index contributed by atoms with van der Waals surface area (Å²) in [6, 6.07) is 6.69. The molecule has 0 heterocycles. The quantitative estimate of drug-likeness (QED) is 0.884. The number of carbonyl (C=O) groups is 1. The molecular formula is C16H22FNO. The Morgan fingerprint density at radius 3 is 2.68 bits per heavy atom. The molecule has 1 fully saturated rings. The second-order valence-corrected chi connectivity index (χ2v) is 5.58. The molecule has 3 heteroatoms. The summed E-state index contributed by atoms with van der Waals surface area (Å²) in [7, 11) is 0. The van der Waals surface area contributed by atoms with Gasteiger partial charge < -0.3 is 5.32 Å². The zero-order chi connectivity index (χ0) is 13.9. The summed E-state index contributed by atoms with van der Waals surface area (Å²) in [5.41, 5.74) is 0.303. The lowest BCUT2D eigenvalue weighted by atomic mass is 9.77. The molecule has 19 heavy (non-hydrogen) atoms. The largest absolute Gasteiger partial charge is 0.353 e. The molecule has 2 rings (SSSR count). The zero-order valence-corrected chi connectivity index (χ0v) is 11.7. The van der Waals surface area contributed by atoms with Gasteiger partial charge in [0.15, 0.2) is 0 Å². The minimum Gasteiger partial charge on any atom is -0.353 e. The molecule has 1 unspecified atom stereocenters. The van der Waals surface area contributed by atoms with Crippen molar-refractivity contribution in [3.63, 3.8) is 0 Å². The summed E-state index contributed by atoms with van der Waals surface area (Å²) in [5, 5.41) is 3.07. The highest BCUT2D eigenvalue weighted by atomic mass is 19.1. The van der Waals surface area contributed by atoms with E-state index in [4.69, 9.17) is 0 Å². The van der Waals surface area contributed by atoms with Gasteiger partial charge in [0, 0.05) is 6.04 Å². The molecule has 0 aliphatic heterocycles. The van der Waals surface area contributed by atoms with E-state index in [2.05, 4.69) is 12.2 Å². The molecule has 104 valence electrons. The van der Waals surface area contributed by atoms with Crippen molar-refractivity contribution in [3.8, 4) is 0 Å². The summed E-state index contributed by atoms with van der Waals surface area (Å²) in [4.78, 5) is 12.6. The van der Waals surface area contributed by atoms with Crippen LogP contribution in [0.15, 0.2) is 24.3 Å². The van der Waals surface area contributed by atoms with Crippen LogP contribution >= 0.6 is 0 Å². The van der Waals surface area contributed by atoms with Crippen molar-refractivity contribution in [2.75, 3.05) is 0 Å². The number of nitrogens with one attached hydrogen (secondary N) is 1. The molecule has 1 aliphatic carbocycles. The maximum Gasteiger partial charge on any atom is 0.230 e. The first-order valence-electron chi connectivity index (χ1n) is 7.15. The van der Waals surface area contributed by atoms with E-state index in [1.54, 1.807) is 6.07 Å². The van der Waals surface area contributed by atoms with Crippen molar-refractivity contribution in [1.29, 1.82) is 0 Å². The summed E-state index contributed by atoms with van der Waals surface area (Å²) in [6.07, 6.45) is 4.61. The molecule has 0 aromatic heterocycles. The van der Waals surface area contributed by atoms with Gasteiger partial charge in [-0.3, -0.25) is 4.79 Å². The van der Waals surface area contributed by atoms with Crippen molar-refractivity contribution < 1.29 is 9.18 Å². The fourth-order valence-electron chi connectivity index (χ4n) is 2.88. The van der Waals surface area contributed by atoms with Crippen LogP contribution < -0.4 is 5.32 Å². The maximum atomic E-state index is 13.5. The lowest BCUT2D eigenvalue weighted by Crippen LogP contribution is -2.46. The second-order valence-electron chi connectivity index (χ2n) is 5.58. The number of carbonyl (C=O) groups excluding carboxylic acids is 1. The molecule has 1 N–H and O–H groups in total. The van der Waals surface area contributed by atoms with Crippen molar-refractivity contribution >= 4 is 5.91 Å². The van der Waals surface area contributed by atoms with E-state index in [1.165, 1.54) is 12.1 Å². The van der Waals surface area contributed by atoms with Gasteiger partial charge in [-0.15, -0.1) is 0 Å². The summed E-state index contributed by atoms with van der Waals surface area (Å²) in [5.74, 6) is -0.204. The standard InChI is InChI=1S/C16H22FNO/c1-3-12(2)18-15(19)16(9-4-5-10-16)13-7-6-8-14(17)11-13/h6-8,11-12H,3-5,9-10H2,1-2H3,(H,18,19). The average Bonchev–Trinajstić information content (AvgIpc) is 2.89. The predicted octanol–water partition coefficient (Wildman–Crippen LogP) is 3.55. The maximum absolute atomic E-state index is 13.5. The fourth-order valence-corrected chi connectivity index (χ4v) is 2.88. The van der Waals surface area contributed by atoms with Crippen molar-refractivity contribution in [3.05, 3.63) is 35.6 Å². The number of benzene rings is 1. The van der Waals surface area contributed by atoms with Crippen LogP contribution in [0.4, 0.5) is 4.39 Å². The first-order valence-corrected chi connectivity index (χ1v) is 7.15. The van der Waals surface area contributed by atoms with Gasteiger partial charge in [0.2, 0.25) is 5.91 Å². The lowest BCUT2D eigenvalue weighted by Gasteiger charge is -2.30. The van der Waals surface area contributed by atoms with Gasteiger partial charge in [-0.1, -0.05) is 31.9 Å². The first kappa shape index (κ1) is 14.0. The van der Waals surface area contributed by atoms with Crippen LogP contribution in [0.2, 0.25) is 0 Å². The Balaban J connectivity index is 2.30. The summed E-state index contributed by atoms with van der Waals surface area (Å²) in [6.45, 7) is 4.06. The highest BCUT2D eigenvalue weighted by molar-refractivity contribution is 5.88. The van der Waals surface area contributed by atoms with E-state index in [0.717, 1.165) is 37.7 Å². The van der Waals surface area contributed by atoms with Gasteiger partial charge in [-0.25, -0.2) is 4.39 Å².